The Labute approximate surface area is 109 Å². The van der Waals surface area contributed by atoms with E-state index in [0.29, 0.717) is 0 Å². The van der Waals surface area contributed by atoms with Crippen LogP contribution in [0.3, 0.4) is 0 Å². The van der Waals surface area contributed by atoms with Crippen LogP contribution in [0, 0.1) is 5.21 Å². The first-order valence-corrected chi connectivity index (χ1v) is 5.05. The number of azide groups is 2. The summed E-state index contributed by atoms with van der Waals surface area (Å²) in [5, 5.41) is 29.0. The van der Waals surface area contributed by atoms with Crippen molar-refractivity contribution in [3.05, 3.63) is 32.3 Å². The van der Waals surface area contributed by atoms with Gasteiger partial charge in [0.25, 0.3) is 5.84 Å². The van der Waals surface area contributed by atoms with Crippen LogP contribution >= 0.6 is 0 Å². The highest BCUT2D eigenvalue weighted by Crippen LogP contribution is 2.40. The molecule has 0 saturated heterocycles. The van der Waals surface area contributed by atoms with E-state index < -0.39 is 22.3 Å². The highest BCUT2D eigenvalue weighted by atomic mass is 17.0. The highest BCUT2D eigenvalue weighted by Gasteiger charge is 2.63. The van der Waals surface area contributed by atoms with Gasteiger partial charge in [-0.25, -0.2) is 4.63 Å². The summed E-state index contributed by atoms with van der Waals surface area (Å²) >= 11 is 0. The second-order valence-corrected chi connectivity index (χ2v) is 3.23. The lowest BCUT2D eigenvalue weighted by Crippen LogP contribution is -2.62. The minimum Gasteiger partial charge on any atom is -0.578 e. The minimum atomic E-state index is -2.42. The molecule has 0 bridgehead atoms. The number of oxime groups is 1. The summed E-state index contributed by atoms with van der Waals surface area (Å²) in [5.41, 5.74) is 17.1. The lowest BCUT2D eigenvalue weighted by atomic mass is 10.3. The maximum atomic E-state index is 12.7. The van der Waals surface area contributed by atoms with Gasteiger partial charge in [0, 0.05) is 20.1 Å². The van der Waals surface area contributed by atoms with Crippen LogP contribution < -0.4 is 4.81 Å². The van der Waals surface area contributed by atoms with Crippen LogP contribution in [-0.4, -0.2) is 28.6 Å². The molecule has 2 rings (SSSR count). The van der Waals surface area contributed by atoms with Crippen LogP contribution in [-0.2, 0) is 9.68 Å². The molecule has 14 heteroatoms. The first-order chi connectivity index (χ1) is 9.64. The van der Waals surface area contributed by atoms with Crippen LogP contribution in [0.2, 0.25) is 0 Å². The Balaban J connectivity index is 2.64. The lowest BCUT2D eigenvalue weighted by molar-refractivity contribution is -0.217. The fourth-order valence-corrected chi connectivity index (χ4v) is 1.50. The Kier molecular flexibility index (Phi) is 3.39. The summed E-state index contributed by atoms with van der Waals surface area (Å²) in [6.45, 7) is 1.45. The Bertz CT molecular complexity index is 616. The molecule has 20 heavy (non-hydrogen) atoms. The predicted octanol–water partition coefficient (Wildman–Crippen LogP) is 1.44. The van der Waals surface area contributed by atoms with Crippen molar-refractivity contribution in [2.75, 3.05) is 6.61 Å². The molecule has 0 saturated carbocycles. The molecule has 104 valence electrons. The summed E-state index contributed by atoms with van der Waals surface area (Å²) in [7, 11) is 0. The van der Waals surface area contributed by atoms with Gasteiger partial charge in [0.2, 0.25) is 0 Å². The van der Waals surface area contributed by atoms with Crippen molar-refractivity contribution < 1.29 is 14.3 Å². The standard InChI is InChI=1S/C6H6N10O4/c1-2-18-6(13-15-8)5(10-14-7)12-20-16(6,17)4-3-9-19-11-4/h3H,2H2,1H3. The normalized spacial score (nSPS) is 28.0. The third kappa shape index (κ3) is 1.70. The van der Waals surface area contributed by atoms with E-state index in [1.165, 1.54) is 6.92 Å². The molecule has 0 aromatic carbocycles. The molecule has 0 spiro atoms. The van der Waals surface area contributed by atoms with Crippen molar-refractivity contribution in [2.45, 2.75) is 12.8 Å². The smallest absolute Gasteiger partial charge is 0.385 e. The molecular weight excluding hydrogens is 276 g/mol. The molecule has 2 unspecified atom stereocenters. The molecule has 0 fully saturated rings. The second-order valence-electron chi connectivity index (χ2n) is 3.23. The molecule has 1 aromatic rings. The third-order valence-electron chi connectivity index (χ3n) is 2.25. The van der Waals surface area contributed by atoms with Crippen molar-refractivity contribution in [1.82, 2.24) is 15.1 Å². The van der Waals surface area contributed by atoms with Gasteiger partial charge >= 0.3 is 11.7 Å². The molecule has 1 aliphatic heterocycles. The van der Waals surface area contributed by atoms with Crippen molar-refractivity contribution in [3.63, 3.8) is 0 Å². The molecular formula is C6H6N10O4. The molecule has 14 nitrogen and oxygen atoms in total. The van der Waals surface area contributed by atoms with Gasteiger partial charge in [0.1, 0.15) is 0 Å². The van der Waals surface area contributed by atoms with Gasteiger partial charge in [-0.2, -0.15) is 4.94 Å². The van der Waals surface area contributed by atoms with Crippen molar-refractivity contribution in [1.29, 1.82) is 0 Å². The van der Waals surface area contributed by atoms with E-state index in [2.05, 4.69) is 45.1 Å². The quantitative estimate of drug-likeness (QED) is 0.263. The van der Waals surface area contributed by atoms with Crippen LogP contribution in [0.15, 0.2) is 26.2 Å². The summed E-state index contributed by atoms with van der Waals surface area (Å²) in [4.78, 5) is 7.66. The van der Waals surface area contributed by atoms with E-state index in [-0.39, 0.29) is 6.61 Å². The van der Waals surface area contributed by atoms with E-state index in [1.54, 1.807) is 0 Å². The molecule has 0 radical (unpaired) electrons. The molecule has 0 amide bonds. The third-order valence-corrected chi connectivity index (χ3v) is 2.25. The first-order valence-electron chi connectivity index (χ1n) is 5.05. The number of amidine groups is 1. The van der Waals surface area contributed by atoms with Gasteiger partial charge in [-0.15, -0.1) is 0 Å². The van der Waals surface area contributed by atoms with Crippen molar-refractivity contribution in [3.8, 4) is 0 Å². The number of nitrogens with zero attached hydrogens (tertiary/aromatic N) is 10. The maximum absolute atomic E-state index is 12.7. The lowest BCUT2D eigenvalue weighted by Gasteiger charge is -2.38. The van der Waals surface area contributed by atoms with Crippen LogP contribution in [0.5, 0.6) is 0 Å². The molecule has 2 heterocycles. The Morgan fingerprint density at radius 3 is 2.90 bits per heavy atom. The molecule has 0 aliphatic carbocycles. The van der Waals surface area contributed by atoms with Gasteiger partial charge in [-0.1, -0.05) is 5.16 Å². The largest absolute Gasteiger partial charge is 0.578 e. The number of hydrogen-bond donors (Lipinski definition) is 0. The zero-order valence-electron chi connectivity index (χ0n) is 9.89. The van der Waals surface area contributed by atoms with E-state index in [4.69, 9.17) is 15.8 Å². The first kappa shape index (κ1) is 13.5. The SMILES string of the molecule is CCOC1(N=[N+]=[N-])C(N=[N+]=[N-])=NO[N+]1([O-])c1cnon1. The maximum Gasteiger partial charge on any atom is 0.385 e. The molecule has 2 atom stereocenters. The van der Waals surface area contributed by atoms with E-state index in [9.17, 15) is 5.21 Å². The Hall–Kier alpha value is -2.89. The van der Waals surface area contributed by atoms with Crippen molar-refractivity contribution >= 4 is 11.7 Å². The predicted molar refractivity (Wildman–Crippen MR) is 60.6 cm³/mol. The van der Waals surface area contributed by atoms with E-state index in [0.717, 1.165) is 6.20 Å². The van der Waals surface area contributed by atoms with Crippen LogP contribution in [0.1, 0.15) is 6.92 Å². The molecule has 1 aliphatic rings. The van der Waals surface area contributed by atoms with Crippen LogP contribution in [0.25, 0.3) is 20.9 Å². The summed E-state index contributed by atoms with van der Waals surface area (Å²) in [5.74, 6) is -3.47. The number of ether oxygens (including phenoxy) is 1. The monoisotopic (exact) mass is 282 g/mol. The summed E-state index contributed by atoms with van der Waals surface area (Å²) in [6, 6.07) is 0. The number of rotatable bonds is 4. The Morgan fingerprint density at radius 1 is 1.55 bits per heavy atom. The average molecular weight is 282 g/mol. The number of hydrogen-bond acceptors (Lipinski definition) is 9. The zero-order valence-corrected chi connectivity index (χ0v) is 9.89. The number of aromatic nitrogens is 2. The van der Waals surface area contributed by atoms with Crippen LogP contribution in [0.4, 0.5) is 5.82 Å². The highest BCUT2D eigenvalue weighted by molar-refractivity contribution is 5.93. The summed E-state index contributed by atoms with van der Waals surface area (Å²) in [6.07, 6.45) is 0.919. The molecule has 0 N–H and O–H groups in total. The van der Waals surface area contributed by atoms with E-state index >= 15 is 0 Å². The Morgan fingerprint density at radius 2 is 2.35 bits per heavy atom. The zero-order chi connectivity index (χ0) is 14.6. The summed E-state index contributed by atoms with van der Waals surface area (Å²) < 4.78 is 9.44. The number of hydroxylamine groups is 2. The van der Waals surface area contributed by atoms with Gasteiger partial charge in [0.15, 0.2) is 6.20 Å². The topological polar surface area (TPSA) is 190 Å². The van der Waals surface area contributed by atoms with Gasteiger partial charge in [-0.05, 0) is 33.1 Å². The minimum absolute atomic E-state index is 0.0735. The van der Waals surface area contributed by atoms with Crippen molar-refractivity contribution in [2.24, 2.45) is 15.4 Å². The van der Waals surface area contributed by atoms with Gasteiger partial charge < -0.3 is 9.94 Å². The van der Waals surface area contributed by atoms with Gasteiger partial charge in [0.05, 0.1) is 6.61 Å². The average Bonchev–Trinajstić information content (AvgIpc) is 3.04. The van der Waals surface area contributed by atoms with Gasteiger partial charge in [-0.3, -0.25) is 0 Å². The second kappa shape index (κ2) is 5.00. The fourth-order valence-electron chi connectivity index (χ4n) is 1.50. The molecule has 1 aromatic heterocycles. The number of quaternary nitrogens is 1. The fraction of sp³-hybridized carbons (Fsp3) is 0.500. The van der Waals surface area contributed by atoms with E-state index in [1.807, 2.05) is 0 Å².